The van der Waals surface area contributed by atoms with E-state index < -0.39 is 23.8 Å². The van der Waals surface area contributed by atoms with Crippen molar-refractivity contribution in [3.8, 4) is 0 Å². The SMILES string of the molecule is CNC(=O)C(C(=O)NO)N(C)C(=O)c1ccc(C=C/C=C/c2ccc(CNC3CC3)cc2)cc1. The predicted molar refractivity (Wildman–Crippen MR) is 131 cm³/mol. The third-order valence-electron chi connectivity index (χ3n) is 5.56. The molecule has 1 fully saturated rings. The summed E-state index contributed by atoms with van der Waals surface area (Å²) in [5.41, 5.74) is 5.01. The molecule has 1 unspecified atom stereocenters. The van der Waals surface area contributed by atoms with Gasteiger partial charge in [-0.2, -0.15) is 0 Å². The summed E-state index contributed by atoms with van der Waals surface area (Å²) in [6, 6.07) is 14.4. The lowest BCUT2D eigenvalue weighted by molar-refractivity contribution is -0.140. The van der Waals surface area contributed by atoms with Gasteiger partial charge >= 0.3 is 0 Å². The van der Waals surface area contributed by atoms with Crippen LogP contribution in [0, 0.1) is 0 Å². The van der Waals surface area contributed by atoms with Crippen LogP contribution in [0.4, 0.5) is 0 Å². The molecule has 8 heteroatoms. The van der Waals surface area contributed by atoms with Gasteiger partial charge in [0.25, 0.3) is 17.7 Å². The zero-order valence-corrected chi connectivity index (χ0v) is 19.3. The molecule has 0 heterocycles. The molecule has 3 amide bonds. The number of amides is 3. The number of nitrogens with one attached hydrogen (secondary N) is 3. The Kier molecular flexibility index (Phi) is 8.73. The van der Waals surface area contributed by atoms with Gasteiger partial charge in [-0.3, -0.25) is 19.6 Å². The molecule has 2 aromatic carbocycles. The lowest BCUT2D eigenvalue weighted by atomic mass is 10.1. The maximum absolute atomic E-state index is 12.7. The minimum Gasteiger partial charge on any atom is -0.357 e. The summed E-state index contributed by atoms with van der Waals surface area (Å²) in [6.07, 6.45) is 10.4. The molecule has 0 aliphatic heterocycles. The number of carbonyl (C=O) groups is 3. The van der Waals surface area contributed by atoms with Gasteiger partial charge in [0.1, 0.15) is 0 Å². The number of hydrogen-bond acceptors (Lipinski definition) is 5. The van der Waals surface area contributed by atoms with Crippen molar-refractivity contribution in [2.45, 2.75) is 31.5 Å². The van der Waals surface area contributed by atoms with Gasteiger partial charge in [-0.1, -0.05) is 60.7 Å². The zero-order chi connectivity index (χ0) is 24.5. The number of likely N-dealkylation sites (N-methyl/N-ethyl adjacent to an activating group) is 2. The monoisotopic (exact) mass is 462 g/mol. The summed E-state index contributed by atoms with van der Waals surface area (Å²) in [4.78, 5) is 37.5. The van der Waals surface area contributed by atoms with Crippen LogP contribution in [0.1, 0.15) is 39.9 Å². The quantitative estimate of drug-likeness (QED) is 0.188. The van der Waals surface area contributed by atoms with Crippen molar-refractivity contribution in [1.29, 1.82) is 0 Å². The molecule has 1 saturated carbocycles. The van der Waals surface area contributed by atoms with E-state index in [-0.39, 0.29) is 0 Å². The zero-order valence-electron chi connectivity index (χ0n) is 19.3. The molecule has 0 spiro atoms. The van der Waals surface area contributed by atoms with Gasteiger partial charge in [-0.25, -0.2) is 5.48 Å². The van der Waals surface area contributed by atoms with Crippen LogP contribution in [0.5, 0.6) is 0 Å². The minimum absolute atomic E-state index is 0.311. The van der Waals surface area contributed by atoms with Crippen LogP contribution in [0.2, 0.25) is 0 Å². The van der Waals surface area contributed by atoms with Gasteiger partial charge in [0.05, 0.1) is 0 Å². The Balaban J connectivity index is 1.56. The Morgan fingerprint density at radius 1 is 0.971 bits per heavy atom. The molecular weight excluding hydrogens is 432 g/mol. The van der Waals surface area contributed by atoms with Crippen LogP contribution < -0.4 is 16.1 Å². The average molecular weight is 463 g/mol. The second-order valence-corrected chi connectivity index (χ2v) is 8.15. The highest BCUT2D eigenvalue weighted by Crippen LogP contribution is 2.19. The molecule has 0 aromatic heterocycles. The molecule has 1 aliphatic carbocycles. The number of hydrogen-bond donors (Lipinski definition) is 4. The maximum atomic E-state index is 12.7. The molecular formula is C26H30N4O4. The highest BCUT2D eigenvalue weighted by Gasteiger charge is 2.33. The van der Waals surface area contributed by atoms with Crippen LogP contribution >= 0.6 is 0 Å². The van der Waals surface area contributed by atoms with E-state index in [1.54, 1.807) is 24.3 Å². The molecule has 3 rings (SSSR count). The highest BCUT2D eigenvalue weighted by atomic mass is 16.5. The summed E-state index contributed by atoms with van der Waals surface area (Å²) in [5, 5.41) is 14.7. The minimum atomic E-state index is -1.49. The summed E-state index contributed by atoms with van der Waals surface area (Å²) in [6.45, 7) is 0.907. The summed E-state index contributed by atoms with van der Waals surface area (Å²) < 4.78 is 0. The average Bonchev–Trinajstić information content (AvgIpc) is 3.70. The Morgan fingerprint density at radius 3 is 2.03 bits per heavy atom. The van der Waals surface area contributed by atoms with E-state index in [4.69, 9.17) is 5.21 Å². The molecule has 8 nitrogen and oxygen atoms in total. The molecule has 0 radical (unpaired) electrons. The molecule has 0 saturated heterocycles. The van der Waals surface area contributed by atoms with Crippen molar-refractivity contribution in [2.24, 2.45) is 0 Å². The third kappa shape index (κ3) is 6.87. The second kappa shape index (κ2) is 11.9. The van der Waals surface area contributed by atoms with Crippen LogP contribution in [-0.4, -0.2) is 54.0 Å². The number of benzene rings is 2. The van der Waals surface area contributed by atoms with E-state index in [0.29, 0.717) is 11.6 Å². The normalized spacial score (nSPS) is 14.2. The highest BCUT2D eigenvalue weighted by molar-refractivity contribution is 6.08. The second-order valence-electron chi connectivity index (χ2n) is 8.15. The maximum Gasteiger partial charge on any atom is 0.275 e. The van der Waals surface area contributed by atoms with Gasteiger partial charge in [0.2, 0.25) is 0 Å². The van der Waals surface area contributed by atoms with Crippen molar-refractivity contribution < 1.29 is 19.6 Å². The largest absolute Gasteiger partial charge is 0.357 e. The molecule has 1 atom stereocenters. The van der Waals surface area contributed by atoms with E-state index in [1.807, 2.05) is 24.3 Å². The topological polar surface area (TPSA) is 111 Å². The van der Waals surface area contributed by atoms with E-state index in [9.17, 15) is 14.4 Å². The lowest BCUT2D eigenvalue weighted by Crippen LogP contribution is -2.54. The van der Waals surface area contributed by atoms with Crippen LogP contribution in [-0.2, 0) is 16.1 Å². The Morgan fingerprint density at radius 2 is 1.53 bits per heavy atom. The van der Waals surface area contributed by atoms with E-state index in [1.165, 1.54) is 38.0 Å². The number of carbonyl (C=O) groups excluding carboxylic acids is 3. The van der Waals surface area contributed by atoms with Gasteiger partial charge in [0.15, 0.2) is 6.04 Å². The van der Waals surface area contributed by atoms with Crippen molar-refractivity contribution in [3.05, 3.63) is 82.9 Å². The fourth-order valence-corrected chi connectivity index (χ4v) is 3.36. The summed E-state index contributed by atoms with van der Waals surface area (Å²) >= 11 is 0. The van der Waals surface area contributed by atoms with Gasteiger partial charge < -0.3 is 15.5 Å². The lowest BCUT2D eigenvalue weighted by Gasteiger charge is -2.25. The van der Waals surface area contributed by atoms with Gasteiger partial charge in [-0.15, -0.1) is 0 Å². The van der Waals surface area contributed by atoms with Gasteiger partial charge in [0, 0.05) is 32.2 Å². The first kappa shape index (κ1) is 24.9. The first-order valence-electron chi connectivity index (χ1n) is 11.1. The molecule has 2 aromatic rings. The summed E-state index contributed by atoms with van der Waals surface area (Å²) in [7, 11) is 2.67. The molecule has 4 N–H and O–H groups in total. The predicted octanol–water partition coefficient (Wildman–Crippen LogP) is 2.36. The Hall–Kier alpha value is -3.75. The smallest absolute Gasteiger partial charge is 0.275 e. The standard InChI is InChI=1S/C26H30N4O4/c1-27-24(31)23(25(32)29-34)30(2)26(33)21-13-11-19(12-14-21)6-4-3-5-18-7-9-20(10-8-18)17-28-22-15-16-22/h3-14,22-23,28,34H,15-17H2,1-2H3,(H,27,31)(H,29,32)/b5-3+,6-4?. The molecule has 34 heavy (non-hydrogen) atoms. The van der Waals surface area contributed by atoms with Crippen LogP contribution in [0.25, 0.3) is 12.2 Å². The van der Waals surface area contributed by atoms with Crippen LogP contribution in [0.15, 0.2) is 60.7 Å². The fraction of sp³-hybridized carbons (Fsp3) is 0.269. The molecule has 0 bridgehead atoms. The first-order chi connectivity index (χ1) is 16.4. The number of nitrogens with zero attached hydrogens (tertiary/aromatic N) is 1. The Bertz CT molecular complexity index is 1040. The molecule has 1 aliphatic rings. The Labute approximate surface area is 199 Å². The summed E-state index contributed by atoms with van der Waals surface area (Å²) in [5.74, 6) is -2.23. The number of allylic oxidation sites excluding steroid dienone is 2. The van der Waals surface area contributed by atoms with Crippen molar-refractivity contribution in [2.75, 3.05) is 14.1 Å². The number of rotatable bonds is 10. The van der Waals surface area contributed by atoms with Gasteiger partial charge in [-0.05, 0) is 41.7 Å². The van der Waals surface area contributed by atoms with E-state index in [0.717, 1.165) is 22.6 Å². The van der Waals surface area contributed by atoms with E-state index >= 15 is 0 Å². The first-order valence-corrected chi connectivity index (χ1v) is 11.1. The van der Waals surface area contributed by atoms with Crippen molar-refractivity contribution >= 4 is 29.9 Å². The molecule has 178 valence electrons. The van der Waals surface area contributed by atoms with Crippen molar-refractivity contribution in [1.82, 2.24) is 21.0 Å². The van der Waals surface area contributed by atoms with E-state index in [2.05, 4.69) is 34.9 Å². The number of hydroxylamine groups is 1. The van der Waals surface area contributed by atoms with Crippen LogP contribution in [0.3, 0.4) is 0 Å². The fourth-order valence-electron chi connectivity index (χ4n) is 3.36. The van der Waals surface area contributed by atoms with Crippen molar-refractivity contribution in [3.63, 3.8) is 0 Å². The third-order valence-corrected chi connectivity index (χ3v) is 5.56.